The minimum atomic E-state index is -1.61. The molecule has 10 nitrogen and oxygen atoms in total. The van der Waals surface area contributed by atoms with Gasteiger partial charge in [-0.1, -0.05) is 30.3 Å². The van der Waals surface area contributed by atoms with Crippen molar-refractivity contribution in [3.05, 3.63) is 74.8 Å². The number of carbonyl (C=O) groups excluding carboxylic acids is 1. The molecule has 0 radical (unpaired) electrons. The molecule has 43 heavy (non-hydrogen) atoms. The zero-order valence-electron chi connectivity index (χ0n) is 25.5. The largest absolute Gasteiger partial charge is 0.458 e. The first-order valence-electron chi connectivity index (χ1n) is 14.6. The summed E-state index contributed by atoms with van der Waals surface area (Å²) in [5, 5.41) is 10.3. The van der Waals surface area contributed by atoms with Crippen molar-refractivity contribution in [2.24, 2.45) is 0 Å². The van der Waals surface area contributed by atoms with Gasteiger partial charge in [0, 0.05) is 0 Å². The van der Waals surface area contributed by atoms with Gasteiger partial charge < -0.3 is 19.0 Å². The Hall–Kier alpha value is -3.54. The Morgan fingerprint density at radius 2 is 1.79 bits per heavy atom. The van der Waals surface area contributed by atoms with Crippen LogP contribution in [-0.4, -0.2) is 43.0 Å². The quantitative estimate of drug-likeness (QED) is 0.266. The summed E-state index contributed by atoms with van der Waals surface area (Å²) in [7, 11) is 0. The van der Waals surface area contributed by atoms with Crippen LogP contribution in [0.1, 0.15) is 77.5 Å². The zero-order valence-corrected chi connectivity index (χ0v) is 26.3. The highest BCUT2D eigenvalue weighted by molar-refractivity contribution is 7.22. The zero-order chi connectivity index (χ0) is 31.1. The number of aliphatic hydroxyl groups excluding tert-OH is 1. The molecule has 0 aliphatic heterocycles. The average Bonchev–Trinajstić information content (AvgIpc) is 3.59. The van der Waals surface area contributed by atoms with Crippen molar-refractivity contribution in [2.45, 2.75) is 103 Å². The predicted octanol–water partition coefficient (Wildman–Crippen LogP) is 5.33. The molecule has 1 aromatic carbocycles. The molecule has 1 N–H and O–H groups in total. The van der Waals surface area contributed by atoms with E-state index in [1.807, 2.05) is 30.3 Å². The fourth-order valence-corrected chi connectivity index (χ4v) is 6.75. The summed E-state index contributed by atoms with van der Waals surface area (Å²) in [4.78, 5) is 47.4. The van der Waals surface area contributed by atoms with Gasteiger partial charge >= 0.3 is 11.7 Å². The number of aliphatic hydroxyl groups is 1. The minimum absolute atomic E-state index is 0.0913. The van der Waals surface area contributed by atoms with Gasteiger partial charge in [-0.3, -0.25) is 9.36 Å². The molecule has 3 heterocycles. The lowest BCUT2D eigenvalue weighted by Gasteiger charge is -2.32. The Balaban J connectivity index is 1.71. The molecule has 11 heteroatoms. The van der Waals surface area contributed by atoms with Crippen LogP contribution in [0, 0.1) is 6.92 Å². The van der Waals surface area contributed by atoms with Crippen molar-refractivity contribution in [3.63, 3.8) is 0 Å². The van der Waals surface area contributed by atoms with Gasteiger partial charge in [-0.05, 0) is 78.4 Å². The van der Waals surface area contributed by atoms with Gasteiger partial charge in [0.1, 0.15) is 28.3 Å². The summed E-state index contributed by atoms with van der Waals surface area (Å²) < 4.78 is 20.4. The number of nitrogens with zero attached hydrogens (tertiary/aromatic N) is 3. The first kappa shape index (κ1) is 30.9. The van der Waals surface area contributed by atoms with Crippen LogP contribution in [0.15, 0.2) is 56.8 Å². The molecular weight excluding hydrogens is 570 g/mol. The Labute approximate surface area is 253 Å². The fraction of sp³-hybridized carbons (Fsp3) is 0.500. The Morgan fingerprint density at radius 3 is 2.40 bits per heavy atom. The standard InChI is InChI=1S/C32H39N3O7S/c1-19-24-27(37)35(32(5,6)29(38)42-31(2,3)4)30(39)34(28(24)43-25(19)26-33-16-17-40-26)18-23(20-10-8-7-9-11-20)41-22-14-12-21(36)13-15-22/h7-11,16-17,21-23,36H,12-15,18H2,1-6H3. The number of esters is 1. The number of benzene rings is 1. The highest BCUT2D eigenvalue weighted by Gasteiger charge is 2.39. The van der Waals surface area contributed by atoms with E-state index in [0.717, 1.165) is 10.1 Å². The molecule has 0 saturated heterocycles. The van der Waals surface area contributed by atoms with Gasteiger partial charge in [0.05, 0.1) is 35.2 Å². The molecule has 4 aromatic rings. The number of fused-ring (bicyclic) bond motifs is 1. The number of carbonyl (C=O) groups is 1. The molecule has 3 aromatic heterocycles. The second kappa shape index (κ2) is 11.9. The van der Waals surface area contributed by atoms with Gasteiger partial charge in [-0.15, -0.1) is 11.3 Å². The summed E-state index contributed by atoms with van der Waals surface area (Å²) in [6, 6.07) is 9.64. The SMILES string of the molecule is Cc1c(-c2ncco2)sc2c1c(=O)n(C(C)(C)C(=O)OC(C)(C)C)c(=O)n2CC(OC1CCC(O)CC1)c1ccccc1. The van der Waals surface area contributed by atoms with Crippen LogP contribution < -0.4 is 11.2 Å². The molecule has 0 bridgehead atoms. The Kier molecular flexibility index (Phi) is 8.52. The third-order valence-electron chi connectivity index (χ3n) is 7.82. The molecule has 5 rings (SSSR count). The molecule has 0 amide bonds. The Bertz CT molecular complexity index is 1700. The maximum absolute atomic E-state index is 14.4. The van der Waals surface area contributed by atoms with Gasteiger partial charge in [-0.2, -0.15) is 0 Å². The number of aromatic nitrogens is 3. The number of rotatable bonds is 8. The molecule has 1 saturated carbocycles. The number of ether oxygens (including phenoxy) is 2. The van der Waals surface area contributed by atoms with Crippen LogP contribution in [0.25, 0.3) is 21.0 Å². The van der Waals surface area contributed by atoms with Crippen molar-refractivity contribution in [2.75, 3.05) is 0 Å². The van der Waals surface area contributed by atoms with Crippen molar-refractivity contribution < 1.29 is 23.8 Å². The van der Waals surface area contributed by atoms with Crippen LogP contribution in [0.2, 0.25) is 0 Å². The van der Waals surface area contributed by atoms with E-state index in [-0.39, 0.29) is 18.8 Å². The summed E-state index contributed by atoms with van der Waals surface area (Å²) in [5.74, 6) is -0.353. The minimum Gasteiger partial charge on any atom is -0.458 e. The first-order chi connectivity index (χ1) is 20.3. The normalized spacial score (nSPS) is 18.6. The fourth-order valence-electron chi connectivity index (χ4n) is 5.51. The number of oxazole rings is 1. The van der Waals surface area contributed by atoms with Crippen LogP contribution in [0.5, 0.6) is 0 Å². The average molecular weight is 610 g/mol. The second-order valence-corrected chi connectivity index (χ2v) is 13.6. The number of hydrogen-bond acceptors (Lipinski definition) is 9. The molecule has 1 fully saturated rings. The van der Waals surface area contributed by atoms with E-state index in [2.05, 4.69) is 4.98 Å². The van der Waals surface area contributed by atoms with Crippen molar-refractivity contribution in [1.82, 2.24) is 14.1 Å². The first-order valence-corrected chi connectivity index (χ1v) is 15.4. The maximum atomic E-state index is 14.4. The van der Waals surface area contributed by atoms with Gasteiger partial charge in [0.15, 0.2) is 0 Å². The summed E-state index contributed by atoms with van der Waals surface area (Å²) >= 11 is 1.25. The van der Waals surface area contributed by atoms with E-state index in [4.69, 9.17) is 13.9 Å². The maximum Gasteiger partial charge on any atom is 0.333 e. The van der Waals surface area contributed by atoms with Crippen LogP contribution >= 0.6 is 11.3 Å². The molecule has 1 aliphatic rings. The molecule has 0 spiro atoms. The van der Waals surface area contributed by atoms with E-state index in [0.29, 0.717) is 52.2 Å². The Morgan fingerprint density at radius 1 is 1.12 bits per heavy atom. The molecular formula is C32H39N3O7S. The highest BCUT2D eigenvalue weighted by Crippen LogP contribution is 2.37. The molecule has 1 unspecified atom stereocenters. The second-order valence-electron chi connectivity index (χ2n) is 12.6. The van der Waals surface area contributed by atoms with Gasteiger partial charge in [-0.25, -0.2) is 19.1 Å². The van der Waals surface area contributed by atoms with E-state index in [1.54, 1.807) is 27.7 Å². The van der Waals surface area contributed by atoms with Gasteiger partial charge in [0.2, 0.25) is 5.89 Å². The number of thiophene rings is 1. The predicted molar refractivity (Wildman–Crippen MR) is 164 cm³/mol. The molecule has 230 valence electrons. The van der Waals surface area contributed by atoms with Crippen molar-refractivity contribution in [1.29, 1.82) is 0 Å². The monoisotopic (exact) mass is 609 g/mol. The van der Waals surface area contributed by atoms with Crippen LogP contribution in [0.4, 0.5) is 0 Å². The van der Waals surface area contributed by atoms with E-state index < -0.39 is 34.5 Å². The van der Waals surface area contributed by atoms with Crippen molar-refractivity contribution >= 4 is 27.5 Å². The smallest absolute Gasteiger partial charge is 0.333 e. The topological polar surface area (TPSA) is 126 Å². The number of hydrogen-bond donors (Lipinski definition) is 1. The summed E-state index contributed by atoms with van der Waals surface area (Å²) in [5.41, 5.74) is -2.18. The lowest BCUT2D eigenvalue weighted by molar-refractivity contribution is -0.164. The molecule has 1 aliphatic carbocycles. The van der Waals surface area contributed by atoms with E-state index >= 15 is 0 Å². The van der Waals surface area contributed by atoms with Crippen LogP contribution in [0.3, 0.4) is 0 Å². The lowest BCUT2D eigenvalue weighted by atomic mass is 9.95. The van der Waals surface area contributed by atoms with E-state index in [1.165, 1.54) is 42.2 Å². The molecule has 1 atom stereocenters. The van der Waals surface area contributed by atoms with Crippen molar-refractivity contribution in [3.8, 4) is 10.8 Å². The summed E-state index contributed by atoms with van der Waals surface area (Å²) in [6.45, 7) is 10.1. The number of aryl methyl sites for hydroxylation is 1. The third-order valence-corrected chi connectivity index (χ3v) is 9.12. The third kappa shape index (κ3) is 6.25. The van der Waals surface area contributed by atoms with Gasteiger partial charge in [0.25, 0.3) is 5.56 Å². The van der Waals surface area contributed by atoms with Crippen LogP contribution in [-0.2, 0) is 26.4 Å². The van der Waals surface area contributed by atoms with E-state index in [9.17, 15) is 19.5 Å². The highest BCUT2D eigenvalue weighted by atomic mass is 32.1. The lowest BCUT2D eigenvalue weighted by Crippen LogP contribution is -2.54. The summed E-state index contributed by atoms with van der Waals surface area (Å²) in [6.07, 6.45) is 4.71.